The van der Waals surface area contributed by atoms with Crippen molar-refractivity contribution < 1.29 is 35.4 Å². The van der Waals surface area contributed by atoms with Crippen molar-refractivity contribution in [3.63, 3.8) is 0 Å². The minimum absolute atomic E-state index is 0.516. The van der Waals surface area contributed by atoms with Crippen LogP contribution in [-0.2, 0) is 9.05 Å². The topological polar surface area (TPSA) is 42.9 Å². The second kappa shape index (κ2) is 8.59. The van der Waals surface area contributed by atoms with E-state index in [-0.39, 0.29) is 0 Å². The molecule has 0 rings (SSSR count). The molecular weight excluding hydrogens is 426 g/mol. The molecule has 0 unspecified atom stereocenters. The minimum atomic E-state index is -4.87. The van der Waals surface area contributed by atoms with Crippen LogP contribution < -0.4 is 5.09 Å². The molecule has 4 nitrogen and oxygen atoms in total. The van der Waals surface area contributed by atoms with Crippen LogP contribution in [0.5, 0.6) is 0 Å². The summed E-state index contributed by atoms with van der Waals surface area (Å²) in [7, 11) is -4.38. The van der Waals surface area contributed by atoms with E-state index in [4.69, 9.17) is 40.1 Å². The molecule has 1 N–H and O–H groups in total. The Hall–Kier alpha value is 0.550. The zero-order chi connectivity index (χ0) is 17.7. The largest absolute Gasteiger partial charge is 0.485 e. The molecule has 15 heteroatoms. The van der Waals surface area contributed by atoms with Crippen LogP contribution in [0.1, 0.15) is 0 Å². The van der Waals surface area contributed by atoms with Crippen LogP contribution >= 0.6 is 46.9 Å². The van der Waals surface area contributed by atoms with Crippen LogP contribution in [0.25, 0.3) is 0 Å². The molecule has 22 heavy (non-hydrogen) atoms. The molecule has 0 aliphatic rings. The molecule has 0 heterocycles. The van der Waals surface area contributed by atoms with Gasteiger partial charge in [0.25, 0.3) is 5.11 Å². The highest BCUT2D eigenvalue weighted by molar-refractivity contribution is 8.27. The normalized spacial score (nSPS) is 13.8. The summed E-state index contributed by atoms with van der Waals surface area (Å²) in [5.41, 5.74) is 0. The Morgan fingerprint density at radius 3 is 1.73 bits per heavy atom. The third-order valence-electron chi connectivity index (χ3n) is 1.41. The van der Waals surface area contributed by atoms with Crippen LogP contribution in [-0.4, -0.2) is 32.1 Å². The average Bonchev–Trinajstić information content (AvgIpc) is 2.27. The molecule has 0 amide bonds. The van der Waals surface area contributed by atoms with Gasteiger partial charge in [-0.1, -0.05) is 5.92 Å². The Morgan fingerprint density at radius 1 is 1.05 bits per heavy atom. The number of nitrogens with one attached hydrogen (secondary N) is 1. The molecule has 0 radical (unpaired) electrons. The molecule has 0 aromatic heterocycles. The van der Waals surface area contributed by atoms with E-state index in [1.54, 1.807) is 0 Å². The Bertz CT molecular complexity index is 434. The summed E-state index contributed by atoms with van der Waals surface area (Å²) in [5, 5.41) is -1.74. The van der Waals surface area contributed by atoms with E-state index in [1.807, 2.05) is 11.0 Å². The summed E-state index contributed by atoms with van der Waals surface area (Å²) >= 11 is 16.2. The van der Waals surface area contributed by atoms with Crippen LogP contribution in [0, 0.1) is 12.3 Å². The van der Waals surface area contributed by atoms with Gasteiger partial charge in [-0.25, -0.2) is 0 Å². The maximum Gasteiger partial charge on any atom is 0.485 e. The van der Waals surface area contributed by atoms with Gasteiger partial charge in [-0.05, 0) is 38.2 Å². The number of nitrogens with zero attached hydrogens (tertiary/aromatic N) is 1. The molecule has 0 saturated carbocycles. The van der Waals surface area contributed by atoms with Gasteiger partial charge >= 0.3 is 20.4 Å². The van der Waals surface area contributed by atoms with Gasteiger partial charge in [0.1, 0.15) is 0 Å². The zero-order valence-electron chi connectivity index (χ0n) is 10.3. The van der Waals surface area contributed by atoms with Crippen molar-refractivity contribution in [1.82, 2.24) is 5.09 Å². The molecule has 0 saturated heterocycles. The van der Waals surface area contributed by atoms with Crippen LogP contribution in [0.2, 0.25) is 0 Å². The Kier molecular flexibility index (Phi) is 8.80. The summed E-state index contributed by atoms with van der Waals surface area (Å²) in [6, 6.07) is 0. The molecule has 0 atom stereocenters. The van der Waals surface area contributed by atoms with Gasteiger partial charge < -0.3 is 0 Å². The SMILES string of the molecule is C#CCN[P+](N=P(Cl)(Cl)Cl)(OCC(F)(F)F)OCC(F)(F)F. The smallest absolute Gasteiger partial charge is 0.168 e. The molecule has 0 spiro atoms. The first kappa shape index (κ1) is 22.6. The van der Waals surface area contributed by atoms with E-state index >= 15 is 0 Å². The van der Waals surface area contributed by atoms with Crippen LogP contribution in [0.3, 0.4) is 0 Å². The van der Waals surface area contributed by atoms with Crippen LogP contribution in [0.4, 0.5) is 26.3 Å². The molecule has 0 aliphatic carbocycles. The highest BCUT2D eigenvalue weighted by Crippen LogP contribution is 2.75. The van der Waals surface area contributed by atoms with E-state index in [1.165, 1.54) is 0 Å². The van der Waals surface area contributed by atoms with Crippen molar-refractivity contribution in [3.8, 4) is 12.3 Å². The minimum Gasteiger partial charge on any atom is -0.168 e. The molecule has 130 valence electrons. The van der Waals surface area contributed by atoms with Crippen molar-refractivity contribution >= 4 is 46.9 Å². The Labute approximate surface area is 136 Å². The predicted octanol–water partition coefficient (Wildman–Crippen LogP) is 5.71. The number of hydrogen-bond donors (Lipinski definition) is 1. The summed E-state index contributed by atoms with van der Waals surface area (Å²) in [6.45, 7) is -4.45. The number of hydrogen-bond acceptors (Lipinski definition) is 4. The van der Waals surface area contributed by atoms with Crippen molar-refractivity contribution in [2.75, 3.05) is 19.8 Å². The number of halogens is 9. The van der Waals surface area contributed by atoms with E-state index in [9.17, 15) is 26.3 Å². The van der Waals surface area contributed by atoms with Crippen molar-refractivity contribution in [3.05, 3.63) is 0 Å². The summed E-state index contributed by atoms with van der Waals surface area (Å²) in [5.74, 6) is 1.92. The van der Waals surface area contributed by atoms with Crippen molar-refractivity contribution in [2.45, 2.75) is 12.4 Å². The Balaban J connectivity index is 5.46. The first-order valence-corrected chi connectivity index (χ1v) is 10.9. The fraction of sp³-hybridized carbons (Fsp3) is 0.714. The summed E-state index contributed by atoms with van der Waals surface area (Å²) in [6.07, 6.45) is -4.86. The first-order valence-electron chi connectivity index (χ1n) is 4.91. The summed E-state index contributed by atoms with van der Waals surface area (Å²) < 4.78 is 85.3. The molecule has 0 bridgehead atoms. The average molecular weight is 434 g/mol. The third kappa shape index (κ3) is 12.0. The molecular formula is C7H8Cl3F6N2O2P2+. The van der Waals surface area contributed by atoms with Crippen molar-refractivity contribution in [2.24, 2.45) is 4.52 Å². The Morgan fingerprint density at radius 2 is 1.45 bits per heavy atom. The lowest BCUT2D eigenvalue weighted by Crippen LogP contribution is -2.27. The molecule has 0 aromatic rings. The van der Waals surface area contributed by atoms with E-state index in [2.05, 4.69) is 13.6 Å². The van der Waals surface area contributed by atoms with Gasteiger partial charge in [0.2, 0.25) is 0 Å². The number of rotatable bonds is 7. The highest BCUT2D eigenvalue weighted by atomic mass is 36.0. The maximum atomic E-state index is 12.2. The van der Waals surface area contributed by atoms with Gasteiger partial charge in [-0.15, -0.1) is 11.5 Å². The number of alkyl halides is 6. The first-order chi connectivity index (χ1) is 9.68. The fourth-order valence-electron chi connectivity index (χ4n) is 0.812. The second-order valence-electron chi connectivity index (χ2n) is 3.34. The lowest BCUT2D eigenvalue weighted by molar-refractivity contribution is -0.164. The maximum absolute atomic E-state index is 12.2. The number of terminal acetylenes is 1. The van der Waals surface area contributed by atoms with Gasteiger partial charge in [-0.3, -0.25) is 0 Å². The van der Waals surface area contributed by atoms with E-state index < -0.39 is 45.2 Å². The lowest BCUT2D eigenvalue weighted by Gasteiger charge is -2.20. The van der Waals surface area contributed by atoms with Gasteiger partial charge in [0.05, 0.1) is 6.54 Å². The monoisotopic (exact) mass is 433 g/mol. The molecule has 0 fully saturated rings. The molecule has 0 aliphatic heterocycles. The quantitative estimate of drug-likeness (QED) is 0.317. The van der Waals surface area contributed by atoms with E-state index in [0.717, 1.165) is 0 Å². The van der Waals surface area contributed by atoms with Crippen molar-refractivity contribution in [1.29, 1.82) is 0 Å². The van der Waals surface area contributed by atoms with E-state index in [0.29, 0.717) is 0 Å². The highest BCUT2D eigenvalue weighted by Gasteiger charge is 2.52. The zero-order valence-corrected chi connectivity index (χ0v) is 14.3. The predicted molar refractivity (Wildman–Crippen MR) is 74.7 cm³/mol. The third-order valence-corrected chi connectivity index (χ3v) is 6.50. The molecule has 0 aromatic carbocycles. The van der Waals surface area contributed by atoms with Gasteiger partial charge in [-0.2, -0.15) is 35.4 Å². The standard InChI is InChI=1S/C7H8Cl3F6N2O2P2/c1-2-3-17-22(18-21(8,9)10,19-4-6(11,12)13)20-5-7(14,15)16/h1,17H,3-5H2/q+1. The van der Waals surface area contributed by atoms with Crippen LogP contribution in [0.15, 0.2) is 4.52 Å². The van der Waals surface area contributed by atoms with Gasteiger partial charge in [0.15, 0.2) is 13.2 Å². The van der Waals surface area contributed by atoms with Gasteiger partial charge in [0, 0.05) is 0 Å². The summed E-state index contributed by atoms with van der Waals surface area (Å²) in [4.78, 5) is 0. The fourth-order valence-corrected chi connectivity index (χ4v) is 6.14. The lowest BCUT2D eigenvalue weighted by atomic mass is 10.7. The second-order valence-corrected chi connectivity index (χ2v) is 12.7.